The van der Waals surface area contributed by atoms with E-state index in [1.54, 1.807) is 0 Å². The van der Waals surface area contributed by atoms with Crippen LogP contribution in [0, 0.1) is 5.82 Å². The lowest BCUT2D eigenvalue weighted by Gasteiger charge is -2.07. The lowest BCUT2D eigenvalue weighted by Crippen LogP contribution is -2.12. The predicted octanol–water partition coefficient (Wildman–Crippen LogP) is 2.82. The van der Waals surface area contributed by atoms with E-state index < -0.39 is 5.82 Å². The van der Waals surface area contributed by atoms with Crippen LogP contribution in [0.25, 0.3) is 0 Å². The summed E-state index contributed by atoms with van der Waals surface area (Å²) in [5, 5.41) is 0. The molecule has 0 aliphatic carbocycles. The molecule has 0 atom stereocenters. The summed E-state index contributed by atoms with van der Waals surface area (Å²) in [6, 6.07) is 2.51. The van der Waals surface area contributed by atoms with Crippen molar-refractivity contribution in [1.82, 2.24) is 0 Å². The highest BCUT2D eigenvalue weighted by Gasteiger charge is 2.09. The number of methoxy groups -OCH3 is 1. The molecule has 0 radical (unpaired) electrons. The first-order chi connectivity index (χ1) is 7.08. The second-order valence-electron chi connectivity index (χ2n) is 2.68. The lowest BCUT2D eigenvalue weighted by molar-refractivity contribution is 0.412. The monoisotopic (exact) mass is 294 g/mol. The Bertz CT molecular complexity index is 398. The minimum absolute atomic E-state index is 0.0806. The molecule has 0 aromatic heterocycles. The molecular formula is C9H9BrClFN2O. The van der Waals surface area contributed by atoms with Gasteiger partial charge in [-0.1, -0.05) is 0 Å². The topological polar surface area (TPSA) is 47.6 Å². The summed E-state index contributed by atoms with van der Waals surface area (Å²) in [5.74, 6) is 0.276. The molecule has 0 fully saturated rings. The van der Waals surface area contributed by atoms with Crippen molar-refractivity contribution in [2.75, 3.05) is 13.0 Å². The minimum atomic E-state index is -0.427. The molecule has 0 aliphatic heterocycles. The van der Waals surface area contributed by atoms with Crippen LogP contribution in [0.3, 0.4) is 0 Å². The average Bonchev–Trinajstić information content (AvgIpc) is 2.17. The number of rotatable bonds is 3. The third-order valence-corrected chi connectivity index (χ3v) is 2.46. The second-order valence-corrected chi connectivity index (χ2v) is 3.80. The second kappa shape index (κ2) is 5.32. The Morgan fingerprint density at radius 1 is 1.67 bits per heavy atom. The van der Waals surface area contributed by atoms with Gasteiger partial charge in [0, 0.05) is 6.07 Å². The standard InChI is InChI=1S/C9H9BrClFN2O/c1-15-9-6(10)2-5(12)3-7(9)14-8(13)4-11/h2-3H,4H2,1H3,(H2,13,14). The number of alkyl halides is 1. The molecule has 1 rings (SSSR count). The molecule has 0 unspecified atom stereocenters. The molecular weight excluding hydrogens is 286 g/mol. The van der Waals surface area contributed by atoms with Gasteiger partial charge in [-0.05, 0) is 22.0 Å². The van der Waals surface area contributed by atoms with Gasteiger partial charge in [-0.3, -0.25) is 0 Å². The van der Waals surface area contributed by atoms with Crippen molar-refractivity contribution in [3.63, 3.8) is 0 Å². The van der Waals surface area contributed by atoms with Gasteiger partial charge in [-0.15, -0.1) is 11.6 Å². The van der Waals surface area contributed by atoms with Gasteiger partial charge in [-0.25, -0.2) is 9.38 Å². The first kappa shape index (κ1) is 12.3. The van der Waals surface area contributed by atoms with E-state index in [4.69, 9.17) is 22.1 Å². The van der Waals surface area contributed by atoms with Gasteiger partial charge >= 0.3 is 0 Å². The quantitative estimate of drug-likeness (QED) is 0.529. The molecule has 2 N–H and O–H groups in total. The van der Waals surface area contributed by atoms with Crippen molar-refractivity contribution in [3.8, 4) is 5.75 Å². The number of nitrogens with two attached hydrogens (primary N) is 1. The summed E-state index contributed by atoms with van der Waals surface area (Å²) in [5.41, 5.74) is 5.76. The van der Waals surface area contributed by atoms with Gasteiger partial charge < -0.3 is 10.5 Å². The van der Waals surface area contributed by atoms with Crippen LogP contribution in [0.15, 0.2) is 21.6 Å². The fourth-order valence-corrected chi connectivity index (χ4v) is 1.66. The van der Waals surface area contributed by atoms with Crippen LogP contribution in [0.2, 0.25) is 0 Å². The fraction of sp³-hybridized carbons (Fsp3) is 0.222. The summed E-state index contributed by atoms with van der Waals surface area (Å²) < 4.78 is 18.6. The summed E-state index contributed by atoms with van der Waals surface area (Å²) in [7, 11) is 1.47. The Morgan fingerprint density at radius 3 is 2.87 bits per heavy atom. The van der Waals surface area contributed by atoms with Crippen molar-refractivity contribution < 1.29 is 9.13 Å². The van der Waals surface area contributed by atoms with Crippen LogP contribution in [0.5, 0.6) is 5.75 Å². The first-order valence-corrected chi connectivity index (χ1v) is 5.33. The molecule has 0 aliphatic rings. The zero-order valence-electron chi connectivity index (χ0n) is 7.93. The Morgan fingerprint density at radius 2 is 2.33 bits per heavy atom. The van der Waals surface area contributed by atoms with Crippen molar-refractivity contribution >= 4 is 39.1 Å². The summed E-state index contributed by atoms with van der Waals surface area (Å²) in [4.78, 5) is 3.94. The van der Waals surface area contributed by atoms with Crippen LogP contribution in [-0.2, 0) is 0 Å². The molecule has 0 spiro atoms. The summed E-state index contributed by atoms with van der Waals surface area (Å²) >= 11 is 8.64. The van der Waals surface area contributed by atoms with E-state index in [1.807, 2.05) is 0 Å². The van der Waals surface area contributed by atoms with Crippen LogP contribution >= 0.6 is 27.5 Å². The third-order valence-electron chi connectivity index (χ3n) is 1.59. The van der Waals surface area contributed by atoms with Gasteiger partial charge in [0.1, 0.15) is 17.3 Å². The van der Waals surface area contributed by atoms with E-state index in [-0.39, 0.29) is 11.7 Å². The number of amidine groups is 1. The molecule has 0 bridgehead atoms. The number of ether oxygens (including phenoxy) is 1. The van der Waals surface area contributed by atoms with Gasteiger partial charge in [0.05, 0.1) is 17.5 Å². The fourth-order valence-electron chi connectivity index (χ4n) is 1.02. The van der Waals surface area contributed by atoms with E-state index >= 15 is 0 Å². The van der Waals surface area contributed by atoms with Crippen LogP contribution in [-0.4, -0.2) is 18.8 Å². The Balaban J connectivity index is 3.26. The predicted molar refractivity (Wildman–Crippen MR) is 62.7 cm³/mol. The molecule has 3 nitrogen and oxygen atoms in total. The van der Waals surface area contributed by atoms with E-state index in [0.717, 1.165) is 0 Å². The molecule has 0 heterocycles. The normalized spacial score (nSPS) is 11.6. The van der Waals surface area contributed by atoms with Gasteiger partial charge in [-0.2, -0.15) is 0 Å². The molecule has 1 aromatic rings. The molecule has 82 valence electrons. The largest absolute Gasteiger partial charge is 0.493 e. The maximum atomic E-state index is 13.1. The molecule has 1 aromatic carbocycles. The van der Waals surface area contributed by atoms with Crippen LogP contribution in [0.4, 0.5) is 10.1 Å². The zero-order valence-corrected chi connectivity index (χ0v) is 10.3. The minimum Gasteiger partial charge on any atom is -0.493 e. The van der Waals surface area contributed by atoms with Crippen molar-refractivity contribution in [2.45, 2.75) is 0 Å². The number of aliphatic imine (C=N–C) groups is 1. The number of hydrogen-bond donors (Lipinski definition) is 1. The maximum absolute atomic E-state index is 13.1. The third kappa shape index (κ3) is 3.07. The Labute approximate surface area is 100 Å². The van der Waals surface area contributed by atoms with Crippen LogP contribution < -0.4 is 10.5 Å². The van der Waals surface area contributed by atoms with E-state index in [1.165, 1.54) is 19.2 Å². The van der Waals surface area contributed by atoms with Gasteiger partial charge in [0.2, 0.25) is 0 Å². The smallest absolute Gasteiger partial charge is 0.158 e. The molecule has 15 heavy (non-hydrogen) atoms. The number of halogens is 3. The number of nitrogens with zero attached hydrogens (tertiary/aromatic N) is 1. The van der Waals surface area contributed by atoms with Crippen LogP contribution in [0.1, 0.15) is 0 Å². The Hall–Kier alpha value is -0.810. The summed E-state index contributed by atoms with van der Waals surface area (Å²) in [6.45, 7) is 0. The zero-order chi connectivity index (χ0) is 11.4. The molecule has 0 saturated heterocycles. The SMILES string of the molecule is COc1c(Br)cc(F)cc1N=C(N)CCl. The average molecular weight is 296 g/mol. The van der Waals surface area contributed by atoms with Crippen molar-refractivity contribution in [3.05, 3.63) is 22.4 Å². The highest BCUT2D eigenvalue weighted by molar-refractivity contribution is 9.10. The van der Waals surface area contributed by atoms with Gasteiger partial charge in [0.15, 0.2) is 5.75 Å². The van der Waals surface area contributed by atoms with Crippen molar-refractivity contribution in [2.24, 2.45) is 10.7 Å². The molecule has 6 heteroatoms. The molecule has 0 amide bonds. The molecule has 0 saturated carbocycles. The van der Waals surface area contributed by atoms with E-state index in [9.17, 15) is 4.39 Å². The number of benzene rings is 1. The van der Waals surface area contributed by atoms with E-state index in [2.05, 4.69) is 20.9 Å². The highest BCUT2D eigenvalue weighted by atomic mass is 79.9. The highest BCUT2D eigenvalue weighted by Crippen LogP contribution is 2.36. The first-order valence-electron chi connectivity index (χ1n) is 4.00. The van der Waals surface area contributed by atoms with Gasteiger partial charge in [0.25, 0.3) is 0 Å². The Kier molecular flexibility index (Phi) is 4.35. The van der Waals surface area contributed by atoms with Crippen molar-refractivity contribution in [1.29, 1.82) is 0 Å². The maximum Gasteiger partial charge on any atom is 0.158 e. The summed E-state index contributed by atoms with van der Waals surface area (Å²) in [6.07, 6.45) is 0. The van der Waals surface area contributed by atoms with E-state index in [0.29, 0.717) is 15.9 Å². The lowest BCUT2D eigenvalue weighted by atomic mass is 10.3. The number of hydrogen-bond acceptors (Lipinski definition) is 2.